The molecule has 0 aromatic rings. The molecule has 0 saturated carbocycles. The van der Waals surface area contributed by atoms with Crippen LogP contribution in [0.2, 0.25) is 0 Å². The number of aliphatic hydroxyl groups excluding tert-OH is 1. The van der Waals surface area contributed by atoms with Crippen LogP contribution in [0.3, 0.4) is 0 Å². The molecule has 0 unspecified atom stereocenters. The zero-order valence-corrected chi connectivity index (χ0v) is 10.2. The molecule has 0 bridgehead atoms. The second kappa shape index (κ2) is 5.50. The number of aliphatic hydroxyl groups is 1. The Hall–Kier alpha value is -0.810. The van der Waals surface area contributed by atoms with E-state index in [1.807, 2.05) is 20.8 Å². The molecule has 1 heterocycles. The standard InChI is InChI=1S/C11H21NO4/c1-11(2,3)16-10(14)12-4-5-15-8-9(6-12)7-13/h9,13H,4-8H2,1-3H3/t9-/m0/s1. The predicted octanol–water partition coefficient (Wildman–Crippen LogP) is 0.862. The van der Waals surface area contributed by atoms with Gasteiger partial charge in [0, 0.05) is 25.6 Å². The van der Waals surface area contributed by atoms with Crippen molar-refractivity contribution in [3.05, 3.63) is 0 Å². The van der Waals surface area contributed by atoms with E-state index in [0.29, 0.717) is 26.3 Å². The second-order valence-electron chi connectivity index (χ2n) is 5.05. The molecule has 5 nitrogen and oxygen atoms in total. The molecule has 1 fully saturated rings. The lowest BCUT2D eigenvalue weighted by Gasteiger charge is -2.27. The van der Waals surface area contributed by atoms with Gasteiger partial charge in [0.1, 0.15) is 5.60 Å². The fourth-order valence-electron chi connectivity index (χ4n) is 1.48. The van der Waals surface area contributed by atoms with Crippen molar-refractivity contribution in [2.45, 2.75) is 26.4 Å². The van der Waals surface area contributed by atoms with Gasteiger partial charge in [-0.25, -0.2) is 4.79 Å². The molecule has 5 heteroatoms. The van der Waals surface area contributed by atoms with Crippen molar-refractivity contribution < 1.29 is 19.4 Å². The summed E-state index contributed by atoms with van der Waals surface area (Å²) in [7, 11) is 0. The summed E-state index contributed by atoms with van der Waals surface area (Å²) < 4.78 is 10.6. The van der Waals surface area contributed by atoms with Crippen molar-refractivity contribution in [2.24, 2.45) is 5.92 Å². The zero-order chi connectivity index (χ0) is 12.2. The lowest BCUT2D eigenvalue weighted by Crippen LogP contribution is -2.40. The molecule has 94 valence electrons. The molecule has 0 aromatic heterocycles. The van der Waals surface area contributed by atoms with E-state index in [4.69, 9.17) is 14.6 Å². The maximum Gasteiger partial charge on any atom is 0.410 e. The SMILES string of the molecule is CC(C)(C)OC(=O)N1CCOC[C@H](CO)C1. The third-order valence-corrected chi connectivity index (χ3v) is 2.25. The molecule has 1 N–H and O–H groups in total. The number of hydrogen-bond donors (Lipinski definition) is 1. The molecule has 1 saturated heterocycles. The van der Waals surface area contributed by atoms with Crippen LogP contribution in [0.5, 0.6) is 0 Å². The fraction of sp³-hybridized carbons (Fsp3) is 0.909. The van der Waals surface area contributed by atoms with Crippen LogP contribution in [0.25, 0.3) is 0 Å². The molecule has 1 rings (SSSR count). The quantitative estimate of drug-likeness (QED) is 0.727. The Balaban J connectivity index is 2.53. The van der Waals surface area contributed by atoms with Gasteiger partial charge in [-0.05, 0) is 20.8 Å². The van der Waals surface area contributed by atoms with Crippen LogP contribution in [0.15, 0.2) is 0 Å². The first-order chi connectivity index (χ1) is 7.42. The minimum Gasteiger partial charge on any atom is -0.444 e. The van der Waals surface area contributed by atoms with Crippen LogP contribution < -0.4 is 0 Å². The average Bonchev–Trinajstić information content (AvgIpc) is 2.39. The number of nitrogens with zero attached hydrogens (tertiary/aromatic N) is 1. The Morgan fingerprint density at radius 1 is 1.56 bits per heavy atom. The summed E-state index contributed by atoms with van der Waals surface area (Å²) in [6.07, 6.45) is -0.337. The molecule has 0 spiro atoms. The van der Waals surface area contributed by atoms with Crippen LogP contribution in [0.1, 0.15) is 20.8 Å². The highest BCUT2D eigenvalue weighted by atomic mass is 16.6. The maximum atomic E-state index is 11.8. The molecule has 1 atom stereocenters. The fourth-order valence-corrected chi connectivity index (χ4v) is 1.48. The minimum atomic E-state index is -0.487. The first kappa shape index (κ1) is 13.3. The van der Waals surface area contributed by atoms with Crippen molar-refractivity contribution in [2.75, 3.05) is 32.9 Å². The zero-order valence-electron chi connectivity index (χ0n) is 10.2. The van der Waals surface area contributed by atoms with Gasteiger partial charge in [-0.3, -0.25) is 0 Å². The number of hydrogen-bond acceptors (Lipinski definition) is 4. The summed E-state index contributed by atoms with van der Waals surface area (Å²) in [5, 5.41) is 9.09. The highest BCUT2D eigenvalue weighted by Gasteiger charge is 2.26. The van der Waals surface area contributed by atoms with Gasteiger partial charge in [0.05, 0.1) is 13.2 Å². The van der Waals surface area contributed by atoms with Gasteiger partial charge in [-0.15, -0.1) is 0 Å². The number of carbonyl (C=O) groups excluding carboxylic acids is 1. The Morgan fingerprint density at radius 2 is 2.25 bits per heavy atom. The molecule has 0 aliphatic carbocycles. The van der Waals surface area contributed by atoms with E-state index in [-0.39, 0.29) is 18.6 Å². The molecule has 1 amide bonds. The van der Waals surface area contributed by atoms with Crippen LogP contribution in [0, 0.1) is 5.92 Å². The van der Waals surface area contributed by atoms with Crippen molar-refractivity contribution in [3.63, 3.8) is 0 Å². The highest BCUT2D eigenvalue weighted by molar-refractivity contribution is 5.68. The number of carbonyl (C=O) groups is 1. The van der Waals surface area contributed by atoms with Gasteiger partial charge in [0.15, 0.2) is 0 Å². The third-order valence-electron chi connectivity index (χ3n) is 2.25. The number of rotatable bonds is 1. The highest BCUT2D eigenvalue weighted by Crippen LogP contribution is 2.13. The maximum absolute atomic E-state index is 11.8. The van der Waals surface area contributed by atoms with E-state index < -0.39 is 5.60 Å². The van der Waals surface area contributed by atoms with Crippen LogP contribution in [-0.2, 0) is 9.47 Å². The largest absolute Gasteiger partial charge is 0.444 e. The van der Waals surface area contributed by atoms with E-state index in [1.54, 1.807) is 4.90 Å². The van der Waals surface area contributed by atoms with Crippen LogP contribution in [-0.4, -0.2) is 54.6 Å². The average molecular weight is 231 g/mol. The number of amides is 1. The van der Waals surface area contributed by atoms with Crippen molar-refractivity contribution in [3.8, 4) is 0 Å². The number of ether oxygens (including phenoxy) is 2. The predicted molar refractivity (Wildman–Crippen MR) is 59.2 cm³/mol. The van der Waals surface area contributed by atoms with Crippen molar-refractivity contribution >= 4 is 6.09 Å². The van der Waals surface area contributed by atoms with E-state index in [2.05, 4.69) is 0 Å². The Bertz CT molecular complexity index is 237. The monoisotopic (exact) mass is 231 g/mol. The molecular weight excluding hydrogens is 210 g/mol. The summed E-state index contributed by atoms with van der Waals surface area (Å²) in [6.45, 7) is 7.54. The smallest absolute Gasteiger partial charge is 0.410 e. The van der Waals surface area contributed by atoms with Crippen molar-refractivity contribution in [1.82, 2.24) is 4.90 Å². The van der Waals surface area contributed by atoms with Gasteiger partial charge >= 0.3 is 6.09 Å². The minimum absolute atomic E-state index is 0.0185. The molecule has 1 aliphatic rings. The molecule has 1 aliphatic heterocycles. The summed E-state index contributed by atoms with van der Waals surface area (Å²) in [4.78, 5) is 13.4. The normalized spacial score (nSPS) is 22.8. The Kier molecular flexibility index (Phi) is 4.56. The Labute approximate surface area is 96.3 Å². The summed E-state index contributed by atoms with van der Waals surface area (Å²) >= 11 is 0. The first-order valence-electron chi connectivity index (χ1n) is 5.59. The van der Waals surface area contributed by atoms with Crippen LogP contribution in [0.4, 0.5) is 4.79 Å². The van der Waals surface area contributed by atoms with Gasteiger partial charge in [0.2, 0.25) is 0 Å². The van der Waals surface area contributed by atoms with E-state index in [9.17, 15) is 4.79 Å². The topological polar surface area (TPSA) is 59.0 Å². The molecular formula is C11H21NO4. The van der Waals surface area contributed by atoms with Crippen LogP contribution >= 0.6 is 0 Å². The van der Waals surface area contributed by atoms with Crippen molar-refractivity contribution in [1.29, 1.82) is 0 Å². The second-order valence-corrected chi connectivity index (χ2v) is 5.05. The lowest BCUT2D eigenvalue weighted by molar-refractivity contribution is 0.0224. The summed E-state index contributed by atoms with van der Waals surface area (Å²) in [6, 6.07) is 0. The van der Waals surface area contributed by atoms with Gasteiger partial charge in [0.25, 0.3) is 0 Å². The molecule has 16 heavy (non-hydrogen) atoms. The first-order valence-corrected chi connectivity index (χ1v) is 5.59. The van der Waals surface area contributed by atoms with E-state index >= 15 is 0 Å². The van der Waals surface area contributed by atoms with E-state index in [1.165, 1.54) is 0 Å². The Morgan fingerprint density at radius 3 is 2.81 bits per heavy atom. The molecule has 0 radical (unpaired) electrons. The lowest BCUT2D eigenvalue weighted by atomic mass is 10.1. The van der Waals surface area contributed by atoms with E-state index in [0.717, 1.165) is 0 Å². The van der Waals surface area contributed by atoms with Gasteiger partial charge in [-0.1, -0.05) is 0 Å². The van der Waals surface area contributed by atoms with Gasteiger partial charge < -0.3 is 19.5 Å². The summed E-state index contributed by atoms with van der Waals surface area (Å²) in [5.41, 5.74) is -0.487. The van der Waals surface area contributed by atoms with Gasteiger partial charge in [-0.2, -0.15) is 0 Å². The third kappa shape index (κ3) is 4.37. The molecule has 0 aromatic carbocycles. The summed E-state index contributed by atoms with van der Waals surface area (Å²) in [5.74, 6) is -0.0185.